The van der Waals surface area contributed by atoms with Crippen molar-refractivity contribution in [3.63, 3.8) is 0 Å². The molecule has 0 radical (unpaired) electrons. The molecule has 0 aliphatic carbocycles. The number of benzene rings is 1. The van der Waals surface area contributed by atoms with E-state index in [9.17, 15) is 0 Å². The Labute approximate surface area is 164 Å². The third-order valence-corrected chi connectivity index (χ3v) is 4.81. The maximum Gasteiger partial charge on any atom is 0.138 e. The van der Waals surface area contributed by atoms with Crippen LogP contribution in [0.3, 0.4) is 0 Å². The van der Waals surface area contributed by atoms with Crippen LogP contribution in [0.2, 0.25) is 0 Å². The summed E-state index contributed by atoms with van der Waals surface area (Å²) < 4.78 is 0. The molecule has 4 rings (SSSR count). The van der Waals surface area contributed by atoms with Gasteiger partial charge in [-0.15, -0.1) is 0 Å². The molecule has 0 bridgehead atoms. The summed E-state index contributed by atoms with van der Waals surface area (Å²) in [5, 5.41) is 4.29. The van der Waals surface area contributed by atoms with Crippen LogP contribution in [0.15, 0.2) is 67.4 Å². The number of hydrogen-bond acceptors (Lipinski definition) is 4. The van der Waals surface area contributed by atoms with E-state index in [1.54, 1.807) is 0 Å². The highest BCUT2D eigenvalue weighted by Crippen LogP contribution is 2.31. The first kappa shape index (κ1) is 17.9. The molecule has 0 aliphatic heterocycles. The van der Waals surface area contributed by atoms with Gasteiger partial charge in [0.25, 0.3) is 0 Å². The lowest BCUT2D eigenvalue weighted by molar-refractivity contribution is 0.855. The molecule has 5 heteroatoms. The van der Waals surface area contributed by atoms with Crippen molar-refractivity contribution in [1.82, 2.24) is 20.3 Å². The third-order valence-electron chi connectivity index (χ3n) is 4.81. The number of fused-ring (bicyclic) bond motifs is 1. The van der Waals surface area contributed by atoms with Gasteiger partial charge in [0.1, 0.15) is 5.65 Å². The topological polar surface area (TPSA) is 79.6 Å². The number of pyridine rings is 2. The van der Waals surface area contributed by atoms with Crippen LogP contribution in [0.4, 0.5) is 0 Å². The Balaban J connectivity index is 1.72. The first-order valence-corrected chi connectivity index (χ1v) is 9.32. The third kappa shape index (κ3) is 3.40. The number of aryl methyl sites for hydroxylation is 1. The van der Waals surface area contributed by atoms with Crippen molar-refractivity contribution in [2.75, 3.05) is 13.1 Å². The normalized spacial score (nSPS) is 10.9. The summed E-state index contributed by atoms with van der Waals surface area (Å²) in [6.07, 6.45) is 1.86. The number of nitrogens with one attached hydrogen (secondary N) is 2. The Morgan fingerprint density at radius 2 is 1.93 bits per heavy atom. The number of H-pyrrole nitrogens is 1. The predicted octanol–water partition coefficient (Wildman–Crippen LogP) is 4.12. The minimum absolute atomic E-state index is 0.551. The molecule has 5 nitrogen and oxygen atoms in total. The predicted molar refractivity (Wildman–Crippen MR) is 116 cm³/mol. The van der Waals surface area contributed by atoms with Crippen LogP contribution in [0.5, 0.6) is 0 Å². The van der Waals surface area contributed by atoms with E-state index >= 15 is 0 Å². The van der Waals surface area contributed by atoms with E-state index in [1.165, 1.54) is 5.56 Å². The van der Waals surface area contributed by atoms with E-state index in [0.717, 1.165) is 44.9 Å². The molecular formula is C23H23N5. The first-order chi connectivity index (χ1) is 13.7. The zero-order valence-corrected chi connectivity index (χ0v) is 15.9. The van der Waals surface area contributed by atoms with Gasteiger partial charge >= 0.3 is 0 Å². The summed E-state index contributed by atoms with van der Waals surface area (Å²) in [7, 11) is 0. The maximum absolute atomic E-state index is 5.55. The highest BCUT2D eigenvalue weighted by molar-refractivity contribution is 5.90. The van der Waals surface area contributed by atoms with Gasteiger partial charge in [0.2, 0.25) is 0 Å². The van der Waals surface area contributed by atoms with E-state index in [1.807, 2.05) is 42.6 Å². The fraction of sp³-hybridized carbons (Fsp3) is 0.130. The lowest BCUT2D eigenvalue weighted by Gasteiger charge is -2.09. The Morgan fingerprint density at radius 3 is 2.71 bits per heavy atom. The lowest BCUT2D eigenvalue weighted by Crippen LogP contribution is -2.21. The molecule has 28 heavy (non-hydrogen) atoms. The van der Waals surface area contributed by atoms with Crippen LogP contribution in [0, 0.1) is 6.92 Å². The van der Waals surface area contributed by atoms with E-state index in [0.29, 0.717) is 13.1 Å². The SMILES string of the molecule is C=C(NCCN)c1cccc(-c2cnc3[nH]c(-c4ccccc4)c(C)c3c2)n1. The molecule has 0 saturated heterocycles. The summed E-state index contributed by atoms with van der Waals surface area (Å²) in [6.45, 7) is 7.39. The Hall–Kier alpha value is -3.44. The van der Waals surface area contributed by atoms with Crippen molar-refractivity contribution in [2.24, 2.45) is 5.73 Å². The van der Waals surface area contributed by atoms with Crippen LogP contribution >= 0.6 is 0 Å². The van der Waals surface area contributed by atoms with E-state index in [4.69, 9.17) is 10.7 Å². The second-order valence-corrected chi connectivity index (χ2v) is 6.71. The van der Waals surface area contributed by atoms with Gasteiger partial charge in [-0.05, 0) is 36.2 Å². The Morgan fingerprint density at radius 1 is 1.11 bits per heavy atom. The molecule has 4 N–H and O–H groups in total. The van der Waals surface area contributed by atoms with Gasteiger partial charge in [0, 0.05) is 30.2 Å². The number of nitrogens with zero attached hydrogens (tertiary/aromatic N) is 2. The highest BCUT2D eigenvalue weighted by atomic mass is 14.9. The second kappa shape index (κ2) is 7.66. The van der Waals surface area contributed by atoms with Crippen LogP contribution in [-0.4, -0.2) is 28.0 Å². The van der Waals surface area contributed by atoms with E-state index in [-0.39, 0.29) is 0 Å². The minimum Gasteiger partial charge on any atom is -0.383 e. The zero-order chi connectivity index (χ0) is 19.5. The standard InChI is InChI=1S/C23H23N5/c1-15-19-13-18(21-10-6-9-20(27-21)16(2)25-12-11-24)14-26-23(19)28-22(15)17-7-4-3-5-8-17/h3-10,13-14,25H,2,11-12,24H2,1H3,(H,26,28). The van der Waals surface area contributed by atoms with Crippen molar-refractivity contribution < 1.29 is 0 Å². The molecule has 0 unspecified atom stereocenters. The molecular weight excluding hydrogens is 346 g/mol. The van der Waals surface area contributed by atoms with Crippen molar-refractivity contribution >= 4 is 16.7 Å². The summed E-state index contributed by atoms with van der Waals surface area (Å²) in [4.78, 5) is 12.8. The molecule has 140 valence electrons. The number of rotatable bonds is 6. The summed E-state index contributed by atoms with van der Waals surface area (Å²) in [5.74, 6) is 0. The molecule has 4 aromatic rings. The molecule has 3 heterocycles. The Kier molecular flexibility index (Phi) is 4.91. The largest absolute Gasteiger partial charge is 0.383 e. The smallest absolute Gasteiger partial charge is 0.138 e. The van der Waals surface area contributed by atoms with Crippen LogP contribution in [0.1, 0.15) is 11.3 Å². The van der Waals surface area contributed by atoms with Crippen LogP contribution in [-0.2, 0) is 0 Å². The summed E-state index contributed by atoms with van der Waals surface area (Å²) >= 11 is 0. The fourth-order valence-corrected chi connectivity index (χ4v) is 3.31. The molecule has 0 fully saturated rings. The average Bonchev–Trinajstić information content (AvgIpc) is 3.08. The lowest BCUT2D eigenvalue weighted by atomic mass is 10.1. The van der Waals surface area contributed by atoms with Crippen molar-refractivity contribution in [1.29, 1.82) is 0 Å². The number of hydrogen-bond donors (Lipinski definition) is 3. The van der Waals surface area contributed by atoms with E-state index in [2.05, 4.69) is 47.0 Å². The maximum atomic E-state index is 5.55. The number of aromatic nitrogens is 3. The molecule has 0 aliphatic rings. The van der Waals surface area contributed by atoms with Crippen LogP contribution < -0.4 is 11.1 Å². The molecule has 0 amide bonds. The van der Waals surface area contributed by atoms with Gasteiger partial charge in [0.05, 0.1) is 22.8 Å². The van der Waals surface area contributed by atoms with Gasteiger partial charge in [-0.3, -0.25) is 0 Å². The number of aromatic amines is 1. The van der Waals surface area contributed by atoms with Gasteiger partial charge < -0.3 is 16.0 Å². The fourth-order valence-electron chi connectivity index (χ4n) is 3.31. The zero-order valence-electron chi connectivity index (χ0n) is 15.9. The van der Waals surface area contributed by atoms with Gasteiger partial charge in [-0.1, -0.05) is 43.0 Å². The number of nitrogens with two attached hydrogens (primary N) is 1. The quantitative estimate of drug-likeness (QED) is 0.478. The monoisotopic (exact) mass is 369 g/mol. The molecule has 1 aromatic carbocycles. The molecule has 0 atom stereocenters. The molecule has 0 spiro atoms. The molecule has 3 aromatic heterocycles. The second-order valence-electron chi connectivity index (χ2n) is 6.71. The Bertz CT molecular complexity index is 1130. The summed E-state index contributed by atoms with van der Waals surface area (Å²) in [6, 6.07) is 18.4. The van der Waals surface area contributed by atoms with E-state index < -0.39 is 0 Å². The van der Waals surface area contributed by atoms with Crippen molar-refractivity contribution in [2.45, 2.75) is 6.92 Å². The average molecular weight is 369 g/mol. The minimum atomic E-state index is 0.551. The molecule has 0 saturated carbocycles. The van der Waals surface area contributed by atoms with Crippen molar-refractivity contribution in [3.05, 3.63) is 78.6 Å². The van der Waals surface area contributed by atoms with Gasteiger partial charge in [-0.2, -0.15) is 0 Å². The first-order valence-electron chi connectivity index (χ1n) is 9.32. The highest BCUT2D eigenvalue weighted by Gasteiger charge is 2.12. The summed E-state index contributed by atoms with van der Waals surface area (Å²) in [5.41, 5.74) is 13.3. The van der Waals surface area contributed by atoms with Crippen LogP contribution in [0.25, 0.3) is 39.2 Å². The van der Waals surface area contributed by atoms with Gasteiger partial charge in [0.15, 0.2) is 0 Å². The van der Waals surface area contributed by atoms with Gasteiger partial charge in [-0.25, -0.2) is 9.97 Å². The van der Waals surface area contributed by atoms with Crippen molar-refractivity contribution in [3.8, 4) is 22.5 Å².